The highest BCUT2D eigenvalue weighted by molar-refractivity contribution is 4.43. The van der Waals surface area contributed by atoms with Crippen molar-refractivity contribution in [3.63, 3.8) is 0 Å². The third kappa shape index (κ3) is 2.14. The van der Waals surface area contributed by atoms with Crippen molar-refractivity contribution in [2.24, 2.45) is 0 Å². The molecule has 0 aromatic heterocycles. The van der Waals surface area contributed by atoms with Crippen LogP contribution in [0.25, 0.3) is 0 Å². The lowest BCUT2D eigenvalue weighted by molar-refractivity contribution is 0.0450. The molecule has 0 aromatic rings. The first-order chi connectivity index (χ1) is 3.18. The van der Waals surface area contributed by atoms with Crippen molar-refractivity contribution in [1.82, 2.24) is 0 Å². The van der Waals surface area contributed by atoms with Gasteiger partial charge < -0.3 is 15.3 Å². The Labute approximate surface area is 37.3 Å². The molecule has 0 aromatic carbocycles. The van der Waals surface area contributed by atoms with Crippen LogP contribution in [0.15, 0.2) is 0 Å². The smallest absolute Gasteiger partial charge is 0.100 e. The second kappa shape index (κ2) is 3.08. The summed E-state index contributed by atoms with van der Waals surface area (Å²) in [5.74, 6) is 0. The van der Waals surface area contributed by atoms with Gasteiger partial charge in [0.1, 0.15) is 6.10 Å². The monoisotopic (exact) mass is 93.1 g/mol. The SMILES string of the molecule is [2H][C@@H](O)C(O)CO. The summed E-state index contributed by atoms with van der Waals surface area (Å²) in [6.45, 7) is -2.14. The summed E-state index contributed by atoms with van der Waals surface area (Å²) in [5, 5.41) is 24.3. The van der Waals surface area contributed by atoms with Gasteiger partial charge >= 0.3 is 0 Å². The Bertz CT molecular complexity index is 47.4. The van der Waals surface area contributed by atoms with Gasteiger partial charge in [0, 0.05) is 0 Å². The van der Waals surface area contributed by atoms with Gasteiger partial charge in [-0.25, -0.2) is 0 Å². The fraction of sp³-hybridized carbons (Fsp3) is 1.00. The summed E-state index contributed by atoms with van der Waals surface area (Å²) in [5.41, 5.74) is 0. The molecule has 0 radical (unpaired) electrons. The zero-order chi connectivity index (χ0) is 5.86. The molecule has 0 saturated heterocycles. The fourth-order valence-corrected chi connectivity index (χ4v) is 0.0471. The van der Waals surface area contributed by atoms with Crippen LogP contribution in [-0.2, 0) is 0 Å². The number of aliphatic hydroxyl groups excluding tert-OH is 3. The molecule has 1 unspecified atom stereocenters. The average molecular weight is 93.1 g/mol. The number of aliphatic hydroxyl groups is 3. The maximum absolute atomic E-state index is 8.25. The van der Waals surface area contributed by atoms with Gasteiger partial charge in [0.05, 0.1) is 14.6 Å². The van der Waals surface area contributed by atoms with E-state index in [1.807, 2.05) is 0 Å². The van der Waals surface area contributed by atoms with Gasteiger partial charge in [-0.15, -0.1) is 0 Å². The molecule has 0 aliphatic heterocycles. The third-order valence-electron chi connectivity index (χ3n) is 0.359. The lowest BCUT2D eigenvalue weighted by Gasteiger charge is -1.96. The van der Waals surface area contributed by atoms with Crippen molar-refractivity contribution < 1.29 is 16.7 Å². The summed E-state index contributed by atoms with van der Waals surface area (Å²) >= 11 is 0. The Kier molecular flexibility index (Phi) is 2.08. The predicted molar refractivity (Wildman–Crippen MR) is 20.2 cm³/mol. The molecule has 0 fully saturated rings. The zero-order valence-corrected chi connectivity index (χ0v) is 3.20. The summed E-state index contributed by atoms with van der Waals surface area (Å²) in [7, 11) is 0. The van der Waals surface area contributed by atoms with Crippen molar-refractivity contribution in [1.29, 1.82) is 0 Å². The van der Waals surface area contributed by atoms with E-state index in [0.29, 0.717) is 0 Å². The Morgan fingerprint density at radius 1 is 1.67 bits per heavy atom. The Hall–Kier alpha value is -0.120. The standard InChI is InChI=1S/C3H8O3/c4-1-3(6)2-5/h3-6H,1-2H2/i1D/t1-,3?/m1/s1. The third-order valence-corrected chi connectivity index (χ3v) is 0.359. The van der Waals surface area contributed by atoms with Gasteiger partial charge in [-0.1, -0.05) is 0 Å². The van der Waals surface area contributed by atoms with Crippen molar-refractivity contribution in [3.8, 4) is 0 Å². The average Bonchev–Trinajstić information content (AvgIpc) is 1.65. The molecular weight excluding hydrogens is 84.0 g/mol. The highest BCUT2D eigenvalue weighted by Gasteiger charge is 1.93. The van der Waals surface area contributed by atoms with E-state index in [-0.39, 0.29) is 0 Å². The largest absolute Gasteiger partial charge is 0.394 e. The second-order valence-electron chi connectivity index (χ2n) is 0.899. The van der Waals surface area contributed by atoms with Gasteiger partial charge in [-0.05, 0) is 0 Å². The maximum Gasteiger partial charge on any atom is 0.100 e. The molecule has 0 aliphatic rings. The topological polar surface area (TPSA) is 60.7 Å². The van der Waals surface area contributed by atoms with Crippen molar-refractivity contribution in [3.05, 3.63) is 0 Å². The molecule has 0 heterocycles. The maximum atomic E-state index is 8.25. The van der Waals surface area contributed by atoms with Gasteiger partial charge in [-0.3, -0.25) is 0 Å². The predicted octanol–water partition coefficient (Wildman–Crippen LogP) is -1.67. The van der Waals surface area contributed by atoms with Crippen LogP contribution in [0, 0.1) is 0 Å². The minimum atomic E-state index is -1.58. The van der Waals surface area contributed by atoms with Crippen LogP contribution in [0.3, 0.4) is 0 Å². The van der Waals surface area contributed by atoms with Crippen molar-refractivity contribution in [2.75, 3.05) is 13.2 Å². The summed E-state index contributed by atoms with van der Waals surface area (Å²) in [6.07, 6.45) is -1.32. The van der Waals surface area contributed by atoms with Crippen LogP contribution in [0.5, 0.6) is 0 Å². The van der Waals surface area contributed by atoms with Gasteiger partial charge in [0.2, 0.25) is 0 Å². The molecule has 3 heteroatoms. The van der Waals surface area contributed by atoms with Crippen molar-refractivity contribution >= 4 is 0 Å². The van der Waals surface area contributed by atoms with Crippen LogP contribution in [-0.4, -0.2) is 34.6 Å². The van der Waals surface area contributed by atoms with Gasteiger partial charge in [-0.2, -0.15) is 0 Å². The molecule has 0 spiro atoms. The number of rotatable bonds is 2. The van der Waals surface area contributed by atoms with E-state index in [4.69, 9.17) is 16.7 Å². The van der Waals surface area contributed by atoms with E-state index >= 15 is 0 Å². The summed E-state index contributed by atoms with van der Waals surface area (Å²) in [4.78, 5) is 0. The summed E-state index contributed by atoms with van der Waals surface area (Å²) in [6, 6.07) is 0. The van der Waals surface area contributed by atoms with Crippen LogP contribution in [0.1, 0.15) is 1.37 Å². The van der Waals surface area contributed by atoms with Crippen molar-refractivity contribution in [2.45, 2.75) is 6.10 Å². The molecule has 0 amide bonds. The zero-order valence-electron chi connectivity index (χ0n) is 4.20. The molecule has 0 bridgehead atoms. The van der Waals surface area contributed by atoms with Crippen LogP contribution in [0.2, 0.25) is 0 Å². The van der Waals surface area contributed by atoms with Crippen LogP contribution >= 0.6 is 0 Å². The Morgan fingerprint density at radius 3 is 2.17 bits per heavy atom. The fourth-order valence-electron chi connectivity index (χ4n) is 0.0471. The first-order valence-electron chi connectivity index (χ1n) is 2.15. The van der Waals surface area contributed by atoms with E-state index in [1.54, 1.807) is 0 Å². The number of hydrogen-bond acceptors (Lipinski definition) is 3. The molecule has 0 aliphatic carbocycles. The molecule has 6 heavy (non-hydrogen) atoms. The first kappa shape index (κ1) is 4.05. The minimum Gasteiger partial charge on any atom is -0.394 e. The number of hydrogen-bond donors (Lipinski definition) is 3. The molecule has 0 saturated carbocycles. The molecule has 2 atom stereocenters. The Balaban J connectivity index is 3.14. The first-order valence-corrected chi connectivity index (χ1v) is 1.57. The van der Waals surface area contributed by atoms with Gasteiger partial charge in [0.15, 0.2) is 0 Å². The second-order valence-corrected chi connectivity index (χ2v) is 0.899. The van der Waals surface area contributed by atoms with E-state index < -0.39 is 19.3 Å². The lowest BCUT2D eigenvalue weighted by Crippen LogP contribution is -2.15. The molecule has 38 valence electrons. The highest BCUT2D eigenvalue weighted by atomic mass is 16.3. The quantitative estimate of drug-likeness (QED) is 0.382. The lowest BCUT2D eigenvalue weighted by atomic mass is 10.4. The molecule has 0 rings (SSSR count). The molecular formula is C3H8O3. The van der Waals surface area contributed by atoms with Gasteiger partial charge in [0.25, 0.3) is 0 Å². The van der Waals surface area contributed by atoms with E-state index in [2.05, 4.69) is 0 Å². The van der Waals surface area contributed by atoms with E-state index in [0.717, 1.165) is 0 Å². The van der Waals surface area contributed by atoms with Crippen LogP contribution < -0.4 is 0 Å². The van der Waals surface area contributed by atoms with Crippen LogP contribution in [0.4, 0.5) is 0 Å². The molecule has 3 nitrogen and oxygen atoms in total. The highest BCUT2D eigenvalue weighted by Crippen LogP contribution is 1.71. The molecule has 3 N–H and O–H groups in total. The normalized spacial score (nSPS) is 22.2. The van der Waals surface area contributed by atoms with E-state index in [9.17, 15) is 0 Å². The Morgan fingerprint density at radius 2 is 2.17 bits per heavy atom. The minimum absolute atomic E-state index is 0.565. The summed E-state index contributed by atoms with van der Waals surface area (Å²) < 4.78 is 6.33. The van der Waals surface area contributed by atoms with E-state index in [1.165, 1.54) is 0 Å².